The molecule has 24 heavy (non-hydrogen) atoms. The summed E-state index contributed by atoms with van der Waals surface area (Å²) < 4.78 is 0. The Bertz CT molecular complexity index is 727. The normalized spacial score (nSPS) is 26.9. The second-order valence-corrected chi connectivity index (χ2v) is 7.02. The lowest BCUT2D eigenvalue weighted by Crippen LogP contribution is -2.60. The van der Waals surface area contributed by atoms with E-state index in [0.717, 1.165) is 6.42 Å². The topological polar surface area (TPSA) is 76.7 Å². The maximum Gasteiger partial charge on any atom is 0.260 e. The Morgan fingerprint density at radius 3 is 2.58 bits per heavy atom. The highest BCUT2D eigenvalue weighted by Crippen LogP contribution is 2.28. The largest absolute Gasteiger partial charge is 0.335 e. The number of nitrogens with one attached hydrogen (secondary N) is 1. The fourth-order valence-electron chi connectivity index (χ4n) is 3.62. The maximum absolute atomic E-state index is 12.8. The lowest BCUT2D eigenvalue weighted by atomic mass is 10.0. The first kappa shape index (κ1) is 16.7. The van der Waals surface area contributed by atoms with Crippen LogP contribution in [0.3, 0.4) is 0 Å². The number of nitrogens with zero attached hydrogens (tertiary/aromatic N) is 3. The van der Waals surface area contributed by atoms with E-state index in [1.165, 1.54) is 6.07 Å². The van der Waals surface area contributed by atoms with E-state index in [9.17, 15) is 14.4 Å². The molecular weight excluding hydrogens is 308 g/mol. The zero-order valence-corrected chi connectivity index (χ0v) is 14.6. The Kier molecular flexibility index (Phi) is 4.21. The first-order valence-corrected chi connectivity index (χ1v) is 8.27. The molecular formula is C17H24N4O3. The van der Waals surface area contributed by atoms with Crippen LogP contribution >= 0.6 is 0 Å². The van der Waals surface area contributed by atoms with Crippen molar-refractivity contribution in [3.8, 4) is 0 Å². The minimum atomic E-state index is -0.546. The van der Waals surface area contributed by atoms with Gasteiger partial charge < -0.3 is 19.7 Å². The van der Waals surface area contributed by atoms with Crippen molar-refractivity contribution in [3.05, 3.63) is 33.7 Å². The Morgan fingerprint density at radius 1 is 1.25 bits per heavy atom. The average molecular weight is 332 g/mol. The number of pyridine rings is 1. The molecule has 0 unspecified atom stereocenters. The molecule has 0 aromatic carbocycles. The maximum atomic E-state index is 12.8. The number of rotatable bonds is 2. The van der Waals surface area contributed by atoms with Crippen LogP contribution in [0.1, 0.15) is 29.4 Å². The number of likely N-dealkylation sites (N-methyl/N-ethyl adjacent to an activating group) is 1. The summed E-state index contributed by atoms with van der Waals surface area (Å²) in [6.07, 6.45) is 0.847. The lowest BCUT2D eigenvalue weighted by molar-refractivity contribution is -0.141. The molecule has 0 radical (unpaired) electrons. The van der Waals surface area contributed by atoms with E-state index in [-0.39, 0.29) is 23.4 Å². The van der Waals surface area contributed by atoms with Crippen LogP contribution in [0.25, 0.3) is 0 Å². The van der Waals surface area contributed by atoms with Crippen molar-refractivity contribution in [1.29, 1.82) is 0 Å². The van der Waals surface area contributed by atoms with Crippen LogP contribution < -0.4 is 5.56 Å². The number of H-pyrrole nitrogens is 1. The van der Waals surface area contributed by atoms with E-state index < -0.39 is 11.6 Å². The molecule has 3 rings (SSSR count). The molecule has 130 valence electrons. The van der Waals surface area contributed by atoms with Crippen molar-refractivity contribution in [3.63, 3.8) is 0 Å². The molecule has 0 spiro atoms. The summed E-state index contributed by atoms with van der Waals surface area (Å²) in [5, 5.41) is 0. The van der Waals surface area contributed by atoms with E-state index in [4.69, 9.17) is 0 Å². The van der Waals surface area contributed by atoms with Crippen molar-refractivity contribution >= 4 is 11.8 Å². The van der Waals surface area contributed by atoms with Gasteiger partial charge in [-0.15, -0.1) is 0 Å². The van der Waals surface area contributed by atoms with Gasteiger partial charge >= 0.3 is 0 Å². The monoisotopic (exact) mass is 332 g/mol. The number of carbonyl (C=O) groups excluding carboxylic acids is 2. The molecule has 2 aliphatic rings. The van der Waals surface area contributed by atoms with E-state index in [0.29, 0.717) is 24.8 Å². The third-order valence-corrected chi connectivity index (χ3v) is 5.18. The zero-order valence-electron chi connectivity index (χ0n) is 14.6. The van der Waals surface area contributed by atoms with Crippen LogP contribution in [0.15, 0.2) is 16.9 Å². The number of aromatic amines is 1. The van der Waals surface area contributed by atoms with E-state index >= 15 is 0 Å². The number of aryl methyl sites for hydroxylation is 1. The van der Waals surface area contributed by atoms with Gasteiger partial charge in [0.2, 0.25) is 5.91 Å². The highest BCUT2D eigenvalue weighted by molar-refractivity contribution is 5.98. The summed E-state index contributed by atoms with van der Waals surface area (Å²) in [4.78, 5) is 45.8. The third-order valence-electron chi connectivity index (χ3n) is 5.18. The van der Waals surface area contributed by atoms with Gasteiger partial charge in [-0.1, -0.05) is 0 Å². The first-order valence-electron chi connectivity index (χ1n) is 8.27. The summed E-state index contributed by atoms with van der Waals surface area (Å²) in [5.74, 6) is -0.405. The molecule has 0 bridgehead atoms. The van der Waals surface area contributed by atoms with Crippen molar-refractivity contribution in [1.82, 2.24) is 19.7 Å². The van der Waals surface area contributed by atoms with Gasteiger partial charge in [0.25, 0.3) is 11.5 Å². The summed E-state index contributed by atoms with van der Waals surface area (Å²) in [6.45, 7) is 4.68. The average Bonchev–Trinajstić information content (AvgIpc) is 2.95. The van der Waals surface area contributed by atoms with Gasteiger partial charge in [-0.3, -0.25) is 14.4 Å². The van der Waals surface area contributed by atoms with Crippen LogP contribution in [-0.2, 0) is 4.79 Å². The molecule has 0 saturated carbocycles. The summed E-state index contributed by atoms with van der Waals surface area (Å²) in [7, 11) is 4.01. The Morgan fingerprint density at radius 2 is 1.96 bits per heavy atom. The highest BCUT2D eigenvalue weighted by Gasteiger charge is 2.45. The lowest BCUT2D eigenvalue weighted by Gasteiger charge is -2.41. The zero-order chi connectivity index (χ0) is 17.6. The smallest absolute Gasteiger partial charge is 0.260 e. The van der Waals surface area contributed by atoms with Crippen LogP contribution in [0.4, 0.5) is 0 Å². The quantitative estimate of drug-likeness (QED) is 0.831. The molecule has 2 amide bonds. The molecule has 2 saturated heterocycles. The summed E-state index contributed by atoms with van der Waals surface area (Å²) >= 11 is 0. The van der Waals surface area contributed by atoms with Gasteiger partial charge in [-0.25, -0.2) is 0 Å². The second-order valence-electron chi connectivity index (χ2n) is 7.02. The van der Waals surface area contributed by atoms with E-state index in [2.05, 4.69) is 9.88 Å². The van der Waals surface area contributed by atoms with Crippen LogP contribution in [0, 0.1) is 6.92 Å². The molecule has 2 aliphatic heterocycles. The number of hydrogen-bond donors (Lipinski definition) is 1. The Hall–Kier alpha value is -2.15. The number of carbonyl (C=O) groups is 2. The fraction of sp³-hybridized carbons (Fsp3) is 0.588. The molecule has 7 heteroatoms. The van der Waals surface area contributed by atoms with Crippen molar-refractivity contribution in [2.75, 3.05) is 27.2 Å². The van der Waals surface area contributed by atoms with Gasteiger partial charge in [-0.2, -0.15) is 0 Å². The Balaban J connectivity index is 1.85. The van der Waals surface area contributed by atoms with Crippen molar-refractivity contribution < 1.29 is 9.59 Å². The van der Waals surface area contributed by atoms with Gasteiger partial charge in [0.1, 0.15) is 11.6 Å². The minimum Gasteiger partial charge on any atom is -0.335 e. The molecule has 1 aromatic heterocycles. The predicted octanol–water partition coefficient (Wildman–Crippen LogP) is 0.0587. The van der Waals surface area contributed by atoms with Gasteiger partial charge in [-0.05, 0) is 46.5 Å². The molecule has 7 nitrogen and oxygen atoms in total. The molecule has 2 fully saturated rings. The molecule has 1 aromatic rings. The van der Waals surface area contributed by atoms with Crippen LogP contribution in [0.5, 0.6) is 0 Å². The molecule has 3 atom stereocenters. The van der Waals surface area contributed by atoms with Gasteiger partial charge in [0.15, 0.2) is 0 Å². The first-order chi connectivity index (χ1) is 11.3. The molecule has 1 N–H and O–H groups in total. The van der Waals surface area contributed by atoms with Crippen molar-refractivity contribution in [2.24, 2.45) is 0 Å². The number of amides is 2. The summed E-state index contributed by atoms with van der Waals surface area (Å²) in [5.41, 5.74) is 0.394. The van der Waals surface area contributed by atoms with Crippen LogP contribution in [-0.4, -0.2) is 76.8 Å². The molecule has 0 aliphatic carbocycles. The minimum absolute atomic E-state index is 0.0228. The van der Waals surface area contributed by atoms with Gasteiger partial charge in [0.05, 0.1) is 6.04 Å². The number of aromatic nitrogens is 1. The van der Waals surface area contributed by atoms with Gasteiger partial charge in [0, 0.05) is 24.8 Å². The predicted molar refractivity (Wildman–Crippen MR) is 89.9 cm³/mol. The summed E-state index contributed by atoms with van der Waals surface area (Å²) in [6, 6.07) is 3.03. The Labute approximate surface area is 141 Å². The standard InChI is InChI=1S/C17H24N4O3/c1-10-5-6-14(15(22)18-10)17(24)20-9-13-7-12(19(3)4)8-21(13)16(23)11(20)2/h5-6,11-13H,7-9H2,1-4H3,(H,18,22)/t11-,12-,13-/m0/s1. The van der Waals surface area contributed by atoms with Crippen LogP contribution in [0.2, 0.25) is 0 Å². The number of piperazine rings is 1. The number of fused-ring (bicyclic) bond motifs is 1. The molecule has 3 heterocycles. The van der Waals surface area contributed by atoms with E-state index in [1.54, 1.807) is 24.8 Å². The highest BCUT2D eigenvalue weighted by atomic mass is 16.2. The fourth-order valence-corrected chi connectivity index (χ4v) is 3.62. The number of hydrogen-bond acceptors (Lipinski definition) is 4. The van der Waals surface area contributed by atoms with Crippen molar-refractivity contribution in [2.45, 2.75) is 38.4 Å². The van der Waals surface area contributed by atoms with E-state index in [1.807, 2.05) is 19.0 Å². The third kappa shape index (κ3) is 2.73. The SMILES string of the molecule is Cc1ccc(C(=O)N2C[C@@H]3C[C@H](N(C)C)CN3C(=O)[C@@H]2C)c(=O)[nH]1. The second kappa shape index (κ2) is 6.05.